The predicted molar refractivity (Wildman–Crippen MR) is 74.8 cm³/mol. The molecule has 100 valence electrons. The van der Waals surface area contributed by atoms with Crippen molar-refractivity contribution in [2.45, 2.75) is 32.4 Å². The van der Waals surface area contributed by atoms with E-state index < -0.39 is 0 Å². The molecule has 2 fully saturated rings. The number of hydrogen-bond donors (Lipinski definition) is 1. The molecule has 0 spiro atoms. The van der Waals surface area contributed by atoms with Crippen LogP contribution in [0.4, 0.5) is 0 Å². The predicted octanol–water partition coefficient (Wildman–Crippen LogP) is 1.44. The van der Waals surface area contributed by atoms with Gasteiger partial charge in [-0.15, -0.1) is 0 Å². The zero-order valence-electron chi connectivity index (χ0n) is 11.4. The highest BCUT2D eigenvalue weighted by atomic mass is 32.2. The van der Waals surface area contributed by atoms with Gasteiger partial charge < -0.3 is 10.1 Å². The lowest BCUT2D eigenvalue weighted by atomic mass is 10.00. The summed E-state index contributed by atoms with van der Waals surface area (Å²) in [6.45, 7) is 12.1. The smallest absolute Gasteiger partial charge is 0.0594 e. The van der Waals surface area contributed by atoms with Gasteiger partial charge in [-0.25, -0.2) is 0 Å². The van der Waals surface area contributed by atoms with Gasteiger partial charge in [0.1, 0.15) is 0 Å². The molecule has 2 aliphatic heterocycles. The summed E-state index contributed by atoms with van der Waals surface area (Å²) >= 11 is 2.08. The van der Waals surface area contributed by atoms with Crippen LogP contribution in [0, 0.1) is 5.92 Å². The standard InChI is InChI=1S/C13H26N2OS/c1-11-8-17-9-12(11)14-10-13(2,3)15-4-6-16-7-5-15/h11-12,14H,4-10H2,1-3H3. The van der Waals surface area contributed by atoms with Crippen LogP contribution in [0.15, 0.2) is 0 Å². The maximum Gasteiger partial charge on any atom is 0.0594 e. The van der Waals surface area contributed by atoms with Gasteiger partial charge in [-0.05, 0) is 25.5 Å². The molecule has 0 aromatic carbocycles. The molecule has 3 nitrogen and oxygen atoms in total. The maximum atomic E-state index is 5.42. The monoisotopic (exact) mass is 258 g/mol. The second-order valence-electron chi connectivity index (χ2n) is 5.91. The van der Waals surface area contributed by atoms with E-state index in [-0.39, 0.29) is 5.54 Å². The molecule has 0 amide bonds. The molecule has 17 heavy (non-hydrogen) atoms. The number of thioether (sulfide) groups is 1. The van der Waals surface area contributed by atoms with Gasteiger partial charge in [-0.2, -0.15) is 11.8 Å². The van der Waals surface area contributed by atoms with E-state index in [1.807, 2.05) is 0 Å². The van der Waals surface area contributed by atoms with E-state index in [1.165, 1.54) is 11.5 Å². The number of nitrogens with zero attached hydrogens (tertiary/aromatic N) is 1. The quantitative estimate of drug-likeness (QED) is 0.825. The largest absolute Gasteiger partial charge is 0.379 e. The SMILES string of the molecule is CC1CSCC1NCC(C)(C)N1CCOCC1. The number of hydrogen-bond acceptors (Lipinski definition) is 4. The first-order valence-corrected chi connectivity index (χ1v) is 7.89. The fraction of sp³-hybridized carbons (Fsp3) is 1.00. The van der Waals surface area contributed by atoms with Crippen LogP contribution < -0.4 is 5.32 Å². The molecule has 0 aromatic heterocycles. The molecule has 0 saturated carbocycles. The van der Waals surface area contributed by atoms with E-state index in [0.29, 0.717) is 6.04 Å². The van der Waals surface area contributed by atoms with Crippen molar-refractivity contribution in [3.63, 3.8) is 0 Å². The van der Waals surface area contributed by atoms with E-state index in [9.17, 15) is 0 Å². The zero-order valence-corrected chi connectivity index (χ0v) is 12.2. The van der Waals surface area contributed by atoms with Gasteiger partial charge in [0.25, 0.3) is 0 Å². The Balaban J connectivity index is 1.79. The van der Waals surface area contributed by atoms with Crippen LogP contribution in [-0.2, 0) is 4.74 Å². The summed E-state index contributed by atoms with van der Waals surface area (Å²) in [6, 6.07) is 0.709. The Labute approximate surface area is 110 Å². The lowest BCUT2D eigenvalue weighted by molar-refractivity contribution is -0.0104. The summed E-state index contributed by atoms with van der Waals surface area (Å²) < 4.78 is 5.42. The number of morpholine rings is 1. The average Bonchev–Trinajstić information content (AvgIpc) is 2.74. The molecule has 2 aliphatic rings. The van der Waals surface area contributed by atoms with Crippen LogP contribution in [0.1, 0.15) is 20.8 Å². The maximum absolute atomic E-state index is 5.42. The van der Waals surface area contributed by atoms with Crippen molar-refractivity contribution in [2.24, 2.45) is 5.92 Å². The van der Waals surface area contributed by atoms with Crippen molar-refractivity contribution in [3.8, 4) is 0 Å². The van der Waals surface area contributed by atoms with Crippen molar-refractivity contribution in [3.05, 3.63) is 0 Å². The van der Waals surface area contributed by atoms with Gasteiger partial charge in [0.05, 0.1) is 13.2 Å². The second-order valence-corrected chi connectivity index (χ2v) is 6.99. The molecule has 2 rings (SSSR count). The summed E-state index contributed by atoms with van der Waals surface area (Å²) in [4.78, 5) is 2.55. The van der Waals surface area contributed by atoms with Crippen LogP contribution in [0.25, 0.3) is 0 Å². The van der Waals surface area contributed by atoms with Crippen LogP contribution in [0.5, 0.6) is 0 Å². The van der Waals surface area contributed by atoms with Crippen LogP contribution in [0.3, 0.4) is 0 Å². The average molecular weight is 258 g/mol. The molecule has 0 radical (unpaired) electrons. The Morgan fingerprint density at radius 1 is 1.29 bits per heavy atom. The fourth-order valence-electron chi connectivity index (χ4n) is 2.58. The molecular weight excluding hydrogens is 232 g/mol. The summed E-state index contributed by atoms with van der Waals surface area (Å²) in [5.74, 6) is 3.41. The minimum atomic E-state index is 0.247. The second kappa shape index (κ2) is 5.91. The van der Waals surface area contributed by atoms with E-state index in [1.54, 1.807) is 0 Å². The number of nitrogens with one attached hydrogen (secondary N) is 1. The van der Waals surface area contributed by atoms with Crippen LogP contribution in [0.2, 0.25) is 0 Å². The van der Waals surface area contributed by atoms with Crippen molar-refractivity contribution < 1.29 is 4.74 Å². The Morgan fingerprint density at radius 2 is 2.00 bits per heavy atom. The topological polar surface area (TPSA) is 24.5 Å². The molecule has 2 unspecified atom stereocenters. The third-order valence-corrected chi connectivity index (χ3v) is 5.39. The number of rotatable bonds is 4. The molecule has 0 aromatic rings. The van der Waals surface area contributed by atoms with Gasteiger partial charge in [0.15, 0.2) is 0 Å². The van der Waals surface area contributed by atoms with Gasteiger partial charge in [-0.3, -0.25) is 4.90 Å². The van der Waals surface area contributed by atoms with E-state index in [0.717, 1.165) is 38.8 Å². The molecule has 2 saturated heterocycles. The normalized spacial score (nSPS) is 31.9. The molecule has 0 bridgehead atoms. The first-order valence-electron chi connectivity index (χ1n) is 6.73. The molecule has 0 aliphatic carbocycles. The van der Waals surface area contributed by atoms with Crippen molar-refractivity contribution in [2.75, 3.05) is 44.4 Å². The summed E-state index contributed by atoms with van der Waals surface area (Å²) in [5, 5.41) is 3.77. The highest BCUT2D eigenvalue weighted by Crippen LogP contribution is 2.24. The summed E-state index contributed by atoms with van der Waals surface area (Å²) in [7, 11) is 0. The summed E-state index contributed by atoms with van der Waals surface area (Å²) in [6.07, 6.45) is 0. The van der Waals surface area contributed by atoms with Gasteiger partial charge in [0.2, 0.25) is 0 Å². The zero-order chi connectivity index (χ0) is 12.3. The first-order chi connectivity index (χ1) is 8.09. The Hall–Kier alpha value is 0.230. The van der Waals surface area contributed by atoms with Crippen molar-refractivity contribution >= 4 is 11.8 Å². The van der Waals surface area contributed by atoms with Gasteiger partial charge >= 0.3 is 0 Å². The minimum absolute atomic E-state index is 0.247. The Morgan fingerprint density at radius 3 is 2.59 bits per heavy atom. The first kappa shape index (κ1) is 13.7. The Bertz CT molecular complexity index is 242. The molecule has 2 heterocycles. The summed E-state index contributed by atoms with van der Waals surface area (Å²) in [5.41, 5.74) is 0.247. The van der Waals surface area contributed by atoms with E-state index in [4.69, 9.17) is 4.74 Å². The molecule has 1 N–H and O–H groups in total. The Kier molecular flexibility index (Phi) is 4.75. The highest BCUT2D eigenvalue weighted by Gasteiger charge is 2.30. The van der Waals surface area contributed by atoms with Crippen molar-refractivity contribution in [1.82, 2.24) is 10.2 Å². The highest BCUT2D eigenvalue weighted by molar-refractivity contribution is 7.99. The van der Waals surface area contributed by atoms with Gasteiger partial charge in [0, 0.05) is 37.0 Å². The molecule has 4 heteroatoms. The third kappa shape index (κ3) is 3.60. The van der Waals surface area contributed by atoms with Gasteiger partial charge in [-0.1, -0.05) is 6.92 Å². The lowest BCUT2D eigenvalue weighted by Gasteiger charge is -2.41. The van der Waals surface area contributed by atoms with Crippen LogP contribution in [-0.4, -0.2) is 60.8 Å². The van der Waals surface area contributed by atoms with E-state index >= 15 is 0 Å². The van der Waals surface area contributed by atoms with E-state index in [2.05, 4.69) is 42.7 Å². The van der Waals surface area contributed by atoms with Crippen LogP contribution >= 0.6 is 11.8 Å². The lowest BCUT2D eigenvalue weighted by Crippen LogP contribution is -2.56. The molecule has 2 atom stereocenters. The minimum Gasteiger partial charge on any atom is -0.379 e. The third-order valence-electron chi connectivity index (χ3n) is 4.03. The van der Waals surface area contributed by atoms with Crippen molar-refractivity contribution in [1.29, 1.82) is 0 Å². The number of ether oxygens (including phenoxy) is 1. The fourth-order valence-corrected chi connectivity index (χ4v) is 4.02. The molecular formula is C13H26N2OS.